The smallest absolute Gasteiger partial charge is 0.00134 e. The first-order chi connectivity index (χ1) is 7.40. The molecule has 2 aromatic rings. The molecule has 15 heavy (non-hydrogen) atoms. The van der Waals surface area contributed by atoms with Crippen molar-refractivity contribution in [1.29, 1.82) is 0 Å². The first-order valence-corrected chi connectivity index (χ1v) is 5.59. The van der Waals surface area contributed by atoms with Crippen LogP contribution in [0.1, 0.15) is 23.6 Å². The summed E-state index contributed by atoms with van der Waals surface area (Å²) in [7, 11) is 0. The van der Waals surface area contributed by atoms with Crippen molar-refractivity contribution in [2.45, 2.75) is 19.8 Å². The Labute approximate surface area is 90.6 Å². The van der Waals surface area contributed by atoms with Crippen molar-refractivity contribution in [3.8, 4) is 11.1 Å². The van der Waals surface area contributed by atoms with Gasteiger partial charge in [-0.1, -0.05) is 49.4 Å². The Morgan fingerprint density at radius 1 is 0.933 bits per heavy atom. The summed E-state index contributed by atoms with van der Waals surface area (Å²) in [5, 5.41) is 0. The molecule has 1 aliphatic rings. The monoisotopic (exact) mass is 194 g/mol. The van der Waals surface area contributed by atoms with Crippen molar-refractivity contribution < 1.29 is 0 Å². The molecule has 0 heterocycles. The van der Waals surface area contributed by atoms with Crippen molar-refractivity contribution in [3.05, 3.63) is 59.2 Å². The van der Waals surface area contributed by atoms with Gasteiger partial charge in [-0.3, -0.25) is 0 Å². The van der Waals surface area contributed by atoms with Gasteiger partial charge in [-0.25, -0.2) is 0 Å². The lowest BCUT2D eigenvalue weighted by Gasteiger charge is -2.06. The minimum absolute atomic E-state index is 1.11. The Morgan fingerprint density at radius 2 is 1.73 bits per heavy atom. The van der Waals surface area contributed by atoms with E-state index in [-0.39, 0.29) is 0 Å². The molecule has 0 heteroatoms. The normalized spacial score (nSPS) is 12.3. The van der Waals surface area contributed by atoms with Gasteiger partial charge in [-0.15, -0.1) is 0 Å². The lowest BCUT2D eigenvalue weighted by Crippen LogP contribution is -1.87. The predicted octanol–water partition coefficient (Wildman–Crippen LogP) is 3.82. The summed E-state index contributed by atoms with van der Waals surface area (Å²) in [4.78, 5) is 0. The lowest BCUT2D eigenvalue weighted by molar-refractivity contribution is 1.14. The van der Waals surface area contributed by atoms with E-state index in [1.165, 1.54) is 27.8 Å². The molecule has 0 nitrogen and oxygen atoms in total. The molecule has 0 atom stereocenters. The van der Waals surface area contributed by atoms with E-state index in [0.717, 1.165) is 12.8 Å². The topological polar surface area (TPSA) is 0 Å². The quantitative estimate of drug-likeness (QED) is 0.552. The summed E-state index contributed by atoms with van der Waals surface area (Å²) in [6.45, 7) is 2.23. The fraction of sp³-hybridized carbons (Fsp3) is 0.200. The van der Waals surface area contributed by atoms with Crippen LogP contribution < -0.4 is 0 Å². The maximum Gasteiger partial charge on any atom is -0.00134 e. The second-order valence-electron chi connectivity index (χ2n) is 4.14. The number of aryl methyl sites for hydroxylation is 1. The third-order valence-electron chi connectivity index (χ3n) is 3.29. The molecule has 74 valence electrons. The maximum absolute atomic E-state index is 2.26. The zero-order valence-electron chi connectivity index (χ0n) is 8.96. The molecule has 0 bridgehead atoms. The van der Waals surface area contributed by atoms with Crippen LogP contribution in [0, 0.1) is 0 Å². The third-order valence-corrected chi connectivity index (χ3v) is 3.29. The highest BCUT2D eigenvalue weighted by Crippen LogP contribution is 2.38. The Balaban J connectivity index is 2.30. The minimum atomic E-state index is 1.11. The zero-order chi connectivity index (χ0) is 10.3. The molecule has 0 radical (unpaired) electrons. The Kier molecular flexibility index (Phi) is 1.88. The van der Waals surface area contributed by atoms with Crippen molar-refractivity contribution in [1.82, 2.24) is 0 Å². The van der Waals surface area contributed by atoms with E-state index in [9.17, 15) is 0 Å². The van der Waals surface area contributed by atoms with Crippen LogP contribution in [-0.4, -0.2) is 0 Å². The summed E-state index contributed by atoms with van der Waals surface area (Å²) in [6.07, 6.45) is 2.23. The highest BCUT2D eigenvalue weighted by atomic mass is 14.2. The van der Waals surface area contributed by atoms with Crippen molar-refractivity contribution in [2.75, 3.05) is 0 Å². The number of benzene rings is 2. The maximum atomic E-state index is 2.26. The summed E-state index contributed by atoms with van der Waals surface area (Å²) < 4.78 is 0. The van der Waals surface area contributed by atoms with E-state index in [0.29, 0.717) is 0 Å². The van der Waals surface area contributed by atoms with E-state index >= 15 is 0 Å². The van der Waals surface area contributed by atoms with E-state index in [1.807, 2.05) is 0 Å². The summed E-state index contributed by atoms with van der Waals surface area (Å²) in [6, 6.07) is 15.5. The van der Waals surface area contributed by atoms with Gasteiger partial charge in [0.1, 0.15) is 0 Å². The molecule has 0 saturated heterocycles. The van der Waals surface area contributed by atoms with Crippen molar-refractivity contribution in [2.24, 2.45) is 0 Å². The SMILES string of the molecule is CCc1cccc2c1-c1ccccc1C2. The zero-order valence-corrected chi connectivity index (χ0v) is 8.96. The molecule has 0 unspecified atom stereocenters. The first-order valence-electron chi connectivity index (χ1n) is 5.59. The van der Waals surface area contributed by atoms with E-state index in [1.54, 1.807) is 0 Å². The summed E-state index contributed by atoms with van der Waals surface area (Å²) in [5.41, 5.74) is 7.40. The highest BCUT2D eigenvalue weighted by molar-refractivity contribution is 5.79. The Hall–Kier alpha value is -1.56. The summed E-state index contributed by atoms with van der Waals surface area (Å²) in [5.74, 6) is 0. The molecule has 0 saturated carbocycles. The summed E-state index contributed by atoms with van der Waals surface area (Å²) >= 11 is 0. The molecule has 1 aliphatic carbocycles. The number of hydrogen-bond donors (Lipinski definition) is 0. The van der Waals surface area contributed by atoms with Gasteiger partial charge >= 0.3 is 0 Å². The van der Waals surface area contributed by atoms with Crippen LogP contribution in [0.3, 0.4) is 0 Å². The fourth-order valence-electron chi connectivity index (χ4n) is 2.56. The van der Waals surface area contributed by atoms with Crippen LogP contribution >= 0.6 is 0 Å². The molecule has 2 aromatic carbocycles. The van der Waals surface area contributed by atoms with Gasteiger partial charge in [-0.05, 0) is 40.7 Å². The molecular weight excluding hydrogens is 180 g/mol. The third kappa shape index (κ3) is 1.21. The fourth-order valence-corrected chi connectivity index (χ4v) is 2.56. The van der Waals surface area contributed by atoms with Crippen LogP contribution in [0.25, 0.3) is 11.1 Å². The first kappa shape index (κ1) is 8.72. The molecule has 3 rings (SSSR count). The second-order valence-corrected chi connectivity index (χ2v) is 4.14. The van der Waals surface area contributed by atoms with Gasteiger partial charge in [-0.2, -0.15) is 0 Å². The average molecular weight is 194 g/mol. The standard InChI is InChI=1S/C15H14/c1-2-11-7-5-8-13-10-12-6-3-4-9-14(12)15(11)13/h3-9H,2,10H2,1H3. The van der Waals surface area contributed by atoms with Crippen LogP contribution in [-0.2, 0) is 12.8 Å². The number of fused-ring (bicyclic) bond motifs is 3. The van der Waals surface area contributed by atoms with Crippen LogP contribution in [0.5, 0.6) is 0 Å². The molecular formula is C15H14. The van der Waals surface area contributed by atoms with Gasteiger partial charge in [0.2, 0.25) is 0 Å². The number of hydrogen-bond acceptors (Lipinski definition) is 0. The highest BCUT2D eigenvalue weighted by Gasteiger charge is 2.19. The minimum Gasteiger partial charge on any atom is -0.0619 e. The van der Waals surface area contributed by atoms with Crippen molar-refractivity contribution >= 4 is 0 Å². The molecule has 0 amide bonds. The molecule has 0 spiro atoms. The van der Waals surface area contributed by atoms with E-state index in [2.05, 4.69) is 49.4 Å². The molecule has 0 N–H and O–H groups in total. The molecule has 0 aromatic heterocycles. The van der Waals surface area contributed by atoms with Crippen LogP contribution in [0.4, 0.5) is 0 Å². The van der Waals surface area contributed by atoms with E-state index in [4.69, 9.17) is 0 Å². The lowest BCUT2D eigenvalue weighted by atomic mass is 9.98. The Morgan fingerprint density at radius 3 is 2.60 bits per heavy atom. The second kappa shape index (κ2) is 3.23. The van der Waals surface area contributed by atoms with Gasteiger partial charge in [0.25, 0.3) is 0 Å². The Bertz CT molecular complexity index is 509. The van der Waals surface area contributed by atoms with E-state index < -0.39 is 0 Å². The van der Waals surface area contributed by atoms with Crippen molar-refractivity contribution in [3.63, 3.8) is 0 Å². The van der Waals surface area contributed by atoms with Gasteiger partial charge in [0.15, 0.2) is 0 Å². The largest absolute Gasteiger partial charge is 0.0619 e. The molecule has 0 aliphatic heterocycles. The predicted molar refractivity (Wildman–Crippen MR) is 64.1 cm³/mol. The van der Waals surface area contributed by atoms with Gasteiger partial charge < -0.3 is 0 Å². The molecule has 0 fully saturated rings. The van der Waals surface area contributed by atoms with Crippen LogP contribution in [0.15, 0.2) is 42.5 Å². The number of rotatable bonds is 1. The van der Waals surface area contributed by atoms with Gasteiger partial charge in [0.05, 0.1) is 0 Å². The average Bonchev–Trinajstić information content (AvgIpc) is 2.67. The van der Waals surface area contributed by atoms with Crippen LogP contribution in [0.2, 0.25) is 0 Å². The van der Waals surface area contributed by atoms with Gasteiger partial charge in [0, 0.05) is 0 Å².